The molecule has 0 radical (unpaired) electrons. The van der Waals surface area contributed by atoms with E-state index in [1.54, 1.807) is 12.1 Å². The Morgan fingerprint density at radius 3 is 2.71 bits per heavy atom. The van der Waals surface area contributed by atoms with Gasteiger partial charge in [0.2, 0.25) is 5.91 Å². The van der Waals surface area contributed by atoms with Crippen molar-refractivity contribution < 1.29 is 22.8 Å². The molecular formula is C17H25F3N5O2S+. The van der Waals surface area contributed by atoms with Crippen molar-refractivity contribution >= 4 is 24.1 Å². The van der Waals surface area contributed by atoms with Crippen LogP contribution in [0.5, 0.6) is 0 Å². The lowest BCUT2D eigenvalue weighted by atomic mass is 9.85. The molecule has 3 heterocycles. The van der Waals surface area contributed by atoms with Crippen molar-refractivity contribution in [1.82, 2.24) is 15.0 Å². The zero-order valence-corrected chi connectivity index (χ0v) is 16.4. The lowest BCUT2D eigenvalue weighted by molar-refractivity contribution is -0.708. The molecule has 0 bridgehead atoms. The Morgan fingerprint density at radius 1 is 1.36 bits per heavy atom. The minimum Gasteiger partial charge on any atom is -0.352 e. The maximum atomic E-state index is 12.9. The van der Waals surface area contributed by atoms with Crippen LogP contribution in [0.2, 0.25) is 0 Å². The summed E-state index contributed by atoms with van der Waals surface area (Å²) < 4.78 is 42.1. The minimum absolute atomic E-state index is 0.0219. The smallest absolute Gasteiger partial charge is 0.352 e. The number of nitroso groups, excluding NO2 is 1. The van der Waals surface area contributed by atoms with Gasteiger partial charge < -0.3 is 5.32 Å². The van der Waals surface area contributed by atoms with E-state index < -0.39 is 18.3 Å². The van der Waals surface area contributed by atoms with Crippen LogP contribution in [0.15, 0.2) is 4.99 Å². The number of carbonyl (C=O) groups is 1. The molecule has 0 aromatic carbocycles. The number of hydrogen-bond acceptors (Lipinski definition) is 5. The molecule has 2 N–H and O–H groups in total. The first-order valence-corrected chi connectivity index (χ1v) is 10.6. The molecule has 1 amide bonds. The first-order valence-electron chi connectivity index (χ1n) is 9.73. The second kappa shape index (κ2) is 7.47. The zero-order chi connectivity index (χ0) is 20.1. The molecule has 4 aliphatic rings. The quantitative estimate of drug-likeness (QED) is 0.535. The third-order valence-corrected chi connectivity index (χ3v) is 7.40. The average molecular weight is 420 g/mol. The van der Waals surface area contributed by atoms with Gasteiger partial charge in [-0.2, -0.15) is 13.2 Å². The standard InChI is InChI=1S/C17H24F3N5O2S/c1-24-7-5-11(25(24)27)14-13(9-2-3-9)15(28-23-14)16(26)22-10-4-6-21-12(8-10)17(18,19)20/h6,9-15,23H,2-5,7-8H2,1H3/p+1. The highest BCUT2D eigenvalue weighted by Crippen LogP contribution is 2.48. The van der Waals surface area contributed by atoms with E-state index in [4.69, 9.17) is 0 Å². The molecule has 6 unspecified atom stereocenters. The molecular weight excluding hydrogens is 395 g/mol. The molecule has 0 spiro atoms. The Kier molecular flexibility index (Phi) is 5.32. The first kappa shape index (κ1) is 19.9. The second-order valence-electron chi connectivity index (χ2n) is 8.20. The summed E-state index contributed by atoms with van der Waals surface area (Å²) in [6, 6.07) is -2.62. The number of amides is 1. The summed E-state index contributed by atoms with van der Waals surface area (Å²) >= 11 is 1.32. The number of hydrazine groups is 1. The van der Waals surface area contributed by atoms with Crippen LogP contribution in [0.3, 0.4) is 0 Å². The minimum atomic E-state index is -4.39. The molecule has 3 fully saturated rings. The van der Waals surface area contributed by atoms with Gasteiger partial charge >= 0.3 is 6.18 Å². The molecule has 0 aromatic heterocycles. The topological polar surface area (TPSA) is 76.8 Å². The number of nitrogens with one attached hydrogen (secondary N) is 2. The molecule has 28 heavy (non-hydrogen) atoms. The summed E-state index contributed by atoms with van der Waals surface area (Å²) in [4.78, 5) is 29.8. The SMILES string of the molecule is CN1CCC(C2NSC(C(=O)NC3CC=NC(C(F)(F)F)C3)C2C2CC2)[N+]1=O. The van der Waals surface area contributed by atoms with Crippen LogP contribution < -0.4 is 10.0 Å². The van der Waals surface area contributed by atoms with Gasteiger partial charge in [-0.15, -0.1) is 5.01 Å². The zero-order valence-electron chi connectivity index (χ0n) is 15.6. The normalized spacial score (nSPS) is 38.9. The van der Waals surface area contributed by atoms with Crippen LogP contribution in [-0.2, 0) is 4.79 Å². The molecule has 11 heteroatoms. The Balaban J connectivity index is 1.42. The van der Waals surface area contributed by atoms with E-state index in [-0.39, 0.29) is 35.6 Å². The fraction of sp³-hybridized carbons (Fsp3) is 0.882. The van der Waals surface area contributed by atoms with Gasteiger partial charge in [-0.25, -0.2) is 0 Å². The molecule has 4 rings (SSSR count). The Labute approximate surface area is 165 Å². The van der Waals surface area contributed by atoms with Gasteiger partial charge in [-0.05, 0) is 25.2 Å². The van der Waals surface area contributed by atoms with Crippen molar-refractivity contribution in [1.29, 1.82) is 0 Å². The van der Waals surface area contributed by atoms with Gasteiger partial charge in [0.1, 0.15) is 16.2 Å². The van der Waals surface area contributed by atoms with Crippen LogP contribution in [0.1, 0.15) is 32.1 Å². The molecule has 2 saturated heterocycles. The Bertz CT molecular complexity index is 672. The van der Waals surface area contributed by atoms with E-state index in [1.165, 1.54) is 18.2 Å². The van der Waals surface area contributed by atoms with Crippen molar-refractivity contribution in [3.63, 3.8) is 0 Å². The fourth-order valence-electron chi connectivity index (χ4n) is 4.54. The van der Waals surface area contributed by atoms with E-state index >= 15 is 0 Å². The van der Waals surface area contributed by atoms with Crippen LogP contribution in [0.25, 0.3) is 0 Å². The van der Waals surface area contributed by atoms with Gasteiger partial charge in [-0.1, -0.05) is 11.9 Å². The summed E-state index contributed by atoms with van der Waals surface area (Å²) in [6.07, 6.45) is -0.253. The number of nitrogens with zero attached hydrogens (tertiary/aromatic N) is 3. The number of rotatable bonds is 4. The van der Waals surface area contributed by atoms with Gasteiger partial charge in [0, 0.05) is 31.0 Å². The second-order valence-corrected chi connectivity index (χ2v) is 9.18. The third kappa shape index (κ3) is 3.87. The number of aliphatic imine (C=N–C) groups is 1. The number of hydrogen-bond donors (Lipinski definition) is 2. The van der Waals surface area contributed by atoms with E-state index in [1.807, 2.05) is 0 Å². The molecule has 156 valence electrons. The highest BCUT2D eigenvalue weighted by atomic mass is 32.2. The predicted molar refractivity (Wildman–Crippen MR) is 98.7 cm³/mol. The van der Waals surface area contributed by atoms with Crippen molar-refractivity contribution in [2.45, 2.75) is 67.7 Å². The first-order chi connectivity index (χ1) is 13.3. The average Bonchev–Trinajstić information content (AvgIpc) is 3.30. The van der Waals surface area contributed by atoms with E-state index in [0.29, 0.717) is 18.9 Å². The van der Waals surface area contributed by atoms with Crippen molar-refractivity contribution in [3.8, 4) is 0 Å². The number of halogens is 3. The summed E-state index contributed by atoms with van der Waals surface area (Å²) in [7, 11) is 1.76. The summed E-state index contributed by atoms with van der Waals surface area (Å²) in [5.41, 5.74) is 0. The fourth-order valence-corrected chi connectivity index (χ4v) is 5.88. The highest BCUT2D eigenvalue weighted by molar-refractivity contribution is 7.99. The molecule has 1 aliphatic carbocycles. The summed E-state index contributed by atoms with van der Waals surface area (Å²) in [6.45, 7) is 0.686. The molecule has 7 nitrogen and oxygen atoms in total. The molecule has 6 atom stereocenters. The van der Waals surface area contributed by atoms with Crippen molar-refractivity contribution in [3.05, 3.63) is 4.91 Å². The van der Waals surface area contributed by atoms with Crippen LogP contribution in [0.4, 0.5) is 13.2 Å². The molecule has 1 saturated carbocycles. The number of alkyl halides is 3. The van der Waals surface area contributed by atoms with E-state index in [0.717, 1.165) is 24.1 Å². The monoisotopic (exact) mass is 420 g/mol. The van der Waals surface area contributed by atoms with Crippen LogP contribution in [0, 0.1) is 16.7 Å². The molecule has 0 aromatic rings. The van der Waals surface area contributed by atoms with Crippen LogP contribution >= 0.6 is 11.9 Å². The van der Waals surface area contributed by atoms with Gasteiger partial charge in [0.05, 0.1) is 24.5 Å². The van der Waals surface area contributed by atoms with Crippen molar-refractivity contribution in [2.24, 2.45) is 16.8 Å². The lowest BCUT2D eigenvalue weighted by Crippen LogP contribution is -2.49. The third-order valence-electron chi connectivity index (χ3n) is 6.21. The number of carbonyl (C=O) groups excluding carboxylic acids is 1. The van der Waals surface area contributed by atoms with Gasteiger partial charge in [0.25, 0.3) is 6.04 Å². The predicted octanol–water partition coefficient (Wildman–Crippen LogP) is 1.68. The summed E-state index contributed by atoms with van der Waals surface area (Å²) in [5.74, 6) is 0.175. The maximum Gasteiger partial charge on any atom is 0.410 e. The van der Waals surface area contributed by atoms with Gasteiger partial charge in [0.15, 0.2) is 0 Å². The van der Waals surface area contributed by atoms with Crippen molar-refractivity contribution in [2.75, 3.05) is 13.6 Å². The Hall–Kier alpha value is -1.36. The highest BCUT2D eigenvalue weighted by Gasteiger charge is 2.57. The Morgan fingerprint density at radius 2 is 2.11 bits per heavy atom. The summed E-state index contributed by atoms with van der Waals surface area (Å²) in [5, 5.41) is 4.07. The maximum absolute atomic E-state index is 12.9. The lowest BCUT2D eigenvalue weighted by Gasteiger charge is -2.28. The molecule has 3 aliphatic heterocycles. The van der Waals surface area contributed by atoms with Gasteiger partial charge in [-0.3, -0.25) is 14.5 Å². The van der Waals surface area contributed by atoms with E-state index in [2.05, 4.69) is 15.0 Å². The van der Waals surface area contributed by atoms with Crippen LogP contribution in [-0.4, -0.2) is 71.2 Å². The largest absolute Gasteiger partial charge is 0.410 e. The van der Waals surface area contributed by atoms with E-state index in [9.17, 15) is 22.9 Å².